The van der Waals surface area contributed by atoms with Crippen molar-refractivity contribution in [3.8, 4) is 113 Å². The minimum atomic E-state index is -4.41. The van der Waals surface area contributed by atoms with E-state index in [4.69, 9.17) is 11.2 Å². The number of hydrogen-bond donors (Lipinski definition) is 3. The number of Topliss-reactive ketones (excluding diaryl/α,β-unsaturated/α-hetero) is 1. The zero-order valence-corrected chi connectivity index (χ0v) is 31.6. The van der Waals surface area contributed by atoms with E-state index in [1.165, 1.54) is 25.4 Å². The zero-order valence-electron chi connectivity index (χ0n) is 30.8. The molecule has 12 nitrogen and oxygen atoms in total. The van der Waals surface area contributed by atoms with E-state index in [0.717, 1.165) is 16.7 Å². The Balaban J connectivity index is 1.94. The second kappa shape index (κ2) is 21.3. The first-order valence-corrected chi connectivity index (χ1v) is 17.8. The van der Waals surface area contributed by atoms with Gasteiger partial charge in [0.25, 0.3) is 21.8 Å². The van der Waals surface area contributed by atoms with Gasteiger partial charge >= 0.3 is 0 Å². The summed E-state index contributed by atoms with van der Waals surface area (Å²) in [5.74, 6) is 35.1. The lowest BCUT2D eigenvalue weighted by atomic mass is 9.86. The fourth-order valence-electron chi connectivity index (χ4n) is 4.08. The molecule has 2 aromatic carbocycles. The van der Waals surface area contributed by atoms with E-state index in [1.807, 2.05) is 4.72 Å². The van der Waals surface area contributed by atoms with Crippen molar-refractivity contribution in [2.24, 2.45) is 5.41 Å². The molecule has 0 fully saturated rings. The fourth-order valence-corrected chi connectivity index (χ4v) is 5.16. The van der Waals surface area contributed by atoms with Gasteiger partial charge < -0.3 is 19.9 Å². The Hall–Kier alpha value is -8.48. The largest absolute Gasteiger partial charge is 0.404 e. The average molecular weight is 772 g/mol. The molecule has 0 saturated carbocycles. The van der Waals surface area contributed by atoms with E-state index < -0.39 is 49.9 Å². The van der Waals surface area contributed by atoms with E-state index in [2.05, 4.69) is 116 Å². The predicted octanol–water partition coefficient (Wildman–Crippen LogP) is 3.14. The molecule has 0 aliphatic rings. The Morgan fingerprint density at radius 2 is 1.37 bits per heavy atom. The van der Waals surface area contributed by atoms with Gasteiger partial charge in [-0.2, -0.15) is 0 Å². The molecule has 0 aliphatic heterocycles. The third kappa shape index (κ3) is 13.8. The first-order valence-electron chi connectivity index (χ1n) is 16.3. The van der Waals surface area contributed by atoms with Crippen molar-refractivity contribution >= 4 is 44.9 Å². The lowest BCUT2D eigenvalue weighted by Crippen LogP contribution is -2.40. The number of para-hydroxylation sites is 1. The van der Waals surface area contributed by atoms with Crippen LogP contribution in [-0.4, -0.2) is 41.5 Å². The van der Waals surface area contributed by atoms with Crippen molar-refractivity contribution < 1.29 is 32.3 Å². The van der Waals surface area contributed by atoms with Gasteiger partial charge in [0.15, 0.2) is 23.4 Å². The van der Waals surface area contributed by atoms with Gasteiger partial charge in [-0.15, -0.1) is 6.42 Å². The number of nitrogens with zero attached hydrogens (tertiary/aromatic N) is 2. The first kappa shape index (κ1) is 42.9. The first-order chi connectivity index (χ1) is 27.3. The number of carbonyl (C=O) groups is 4. The normalized spacial score (nSPS) is 9.74. The monoisotopic (exact) mass is 771 g/mol. The van der Waals surface area contributed by atoms with Gasteiger partial charge in [0, 0.05) is 77.3 Å². The molecule has 1 atom stereocenters. The molecular formula is C44H29N5O7S. The van der Waals surface area contributed by atoms with Crippen LogP contribution in [0.4, 0.5) is 11.4 Å². The number of imidazole rings is 1. The van der Waals surface area contributed by atoms with E-state index in [-0.39, 0.29) is 23.7 Å². The predicted molar refractivity (Wildman–Crippen MR) is 212 cm³/mol. The highest BCUT2D eigenvalue weighted by molar-refractivity contribution is 7.90. The van der Waals surface area contributed by atoms with Crippen LogP contribution in [0.1, 0.15) is 50.8 Å². The highest BCUT2D eigenvalue weighted by Gasteiger charge is 2.38. The summed E-state index contributed by atoms with van der Waals surface area (Å²) in [6.07, 6.45) is 9.71. The molecule has 0 radical (unpaired) electrons. The number of rotatable bonds is 10. The molecule has 1 heterocycles. The summed E-state index contributed by atoms with van der Waals surface area (Å²) >= 11 is 0. The van der Waals surface area contributed by atoms with Crippen LogP contribution in [0.3, 0.4) is 0 Å². The van der Waals surface area contributed by atoms with Crippen LogP contribution in [0.15, 0.2) is 65.8 Å². The zero-order chi connectivity index (χ0) is 41.7. The molecule has 0 aliphatic carbocycles. The molecule has 3 amide bonds. The van der Waals surface area contributed by atoms with E-state index in [9.17, 15) is 27.6 Å². The molecule has 1 unspecified atom stereocenters. The Morgan fingerprint density at radius 1 is 0.807 bits per heavy atom. The number of ether oxygens (including phenoxy) is 1. The van der Waals surface area contributed by atoms with E-state index in [0.29, 0.717) is 5.69 Å². The van der Waals surface area contributed by atoms with Gasteiger partial charge in [0.05, 0.1) is 10.6 Å². The minimum Gasteiger partial charge on any atom is -0.404 e. The number of benzene rings is 2. The molecule has 0 spiro atoms. The number of aromatic nitrogens is 2. The molecule has 3 rings (SSSR count). The van der Waals surface area contributed by atoms with Crippen molar-refractivity contribution in [3.05, 3.63) is 66.7 Å². The SMILES string of the molecule is C#CC#CC#CC#CC#CC#CC#CC#CC#COc1ccc(S(=O)(=O)NC(=O)CC)cc1NC(=O)C(C(=O)C(C)(C)C)n1ccnc1C(=O)Nc1ccccc1. The van der Waals surface area contributed by atoms with Crippen LogP contribution in [0.5, 0.6) is 5.75 Å². The lowest BCUT2D eigenvalue weighted by Gasteiger charge is -2.26. The molecule has 3 aromatic rings. The van der Waals surface area contributed by atoms with E-state index in [1.54, 1.807) is 51.1 Å². The number of anilines is 2. The standard InChI is InChI=1S/C44H29N5O7S/c1-6-8-9-10-11-12-13-14-15-16-17-18-19-20-21-25-32-56-37-29-28-35(57(54,55)48-38(50)7-2)33-36(37)47-42(52)39(40(51)44(3,4)5)49-31-30-45-41(49)43(53)46-34-26-23-22-24-27-34/h1,22-24,26-31,33,39H,7H2,2-5H3,(H,46,53)(H,47,52)(H,48,50). The average Bonchev–Trinajstić information content (AvgIpc) is 3.66. The minimum absolute atomic E-state index is 0.121. The third-order valence-corrected chi connectivity index (χ3v) is 8.04. The molecule has 57 heavy (non-hydrogen) atoms. The van der Waals surface area contributed by atoms with Gasteiger partial charge in [0.1, 0.15) is 6.11 Å². The second-order valence-corrected chi connectivity index (χ2v) is 13.4. The molecule has 3 N–H and O–H groups in total. The van der Waals surface area contributed by atoms with Crippen LogP contribution in [0, 0.1) is 113 Å². The number of ketones is 1. The highest BCUT2D eigenvalue weighted by atomic mass is 32.2. The molecule has 13 heteroatoms. The molecule has 0 bridgehead atoms. The summed E-state index contributed by atoms with van der Waals surface area (Å²) in [6, 6.07) is 10.1. The van der Waals surface area contributed by atoms with Gasteiger partial charge in [0.2, 0.25) is 5.91 Å². The smallest absolute Gasteiger partial charge is 0.291 e. The summed E-state index contributed by atoms with van der Waals surface area (Å²) < 4.78 is 34.6. The summed E-state index contributed by atoms with van der Waals surface area (Å²) in [6.45, 7) is 6.24. The van der Waals surface area contributed by atoms with Gasteiger partial charge in [-0.25, -0.2) is 18.1 Å². The maximum absolute atomic E-state index is 14.1. The highest BCUT2D eigenvalue weighted by Crippen LogP contribution is 2.31. The number of hydrogen-bond acceptors (Lipinski definition) is 8. The van der Waals surface area contributed by atoms with Crippen molar-refractivity contribution in [1.29, 1.82) is 0 Å². The number of nitrogens with one attached hydrogen (secondary N) is 3. The third-order valence-electron chi connectivity index (χ3n) is 6.67. The lowest BCUT2D eigenvalue weighted by molar-refractivity contribution is -0.135. The van der Waals surface area contributed by atoms with Crippen molar-refractivity contribution in [2.75, 3.05) is 10.6 Å². The second-order valence-electron chi connectivity index (χ2n) is 11.7. The van der Waals surface area contributed by atoms with Gasteiger partial charge in [-0.05, 0) is 77.7 Å². The fraction of sp³-hybridized carbons (Fsp3) is 0.159. The number of carbonyl (C=O) groups excluding carboxylic acids is 4. The molecule has 0 saturated heterocycles. The summed E-state index contributed by atoms with van der Waals surface area (Å²) in [7, 11) is -4.41. The summed E-state index contributed by atoms with van der Waals surface area (Å²) in [5.41, 5.74) is -0.910. The number of sulfonamides is 1. The van der Waals surface area contributed by atoms with Crippen LogP contribution >= 0.6 is 0 Å². The van der Waals surface area contributed by atoms with Crippen LogP contribution in [-0.2, 0) is 24.4 Å². The van der Waals surface area contributed by atoms with Crippen LogP contribution < -0.4 is 20.1 Å². The number of amides is 3. The molecule has 278 valence electrons. The maximum atomic E-state index is 14.1. The summed E-state index contributed by atoms with van der Waals surface area (Å²) in [5, 5.41) is 5.21. The molecular weight excluding hydrogens is 743 g/mol. The summed E-state index contributed by atoms with van der Waals surface area (Å²) in [4.78, 5) is 56.9. The Kier molecular flexibility index (Phi) is 16.0. The Morgan fingerprint density at radius 3 is 1.91 bits per heavy atom. The Labute approximate surface area is 331 Å². The van der Waals surface area contributed by atoms with Crippen molar-refractivity contribution in [2.45, 2.75) is 45.1 Å². The van der Waals surface area contributed by atoms with Gasteiger partial charge in [-0.3, -0.25) is 19.2 Å². The van der Waals surface area contributed by atoms with Crippen LogP contribution in [0.25, 0.3) is 0 Å². The van der Waals surface area contributed by atoms with Gasteiger partial charge in [-0.1, -0.05) is 45.9 Å². The molecule has 1 aromatic heterocycles. The maximum Gasteiger partial charge on any atom is 0.291 e. The number of terminal acetylenes is 1. The Bertz CT molecular complexity index is 2770. The van der Waals surface area contributed by atoms with Crippen molar-refractivity contribution in [1.82, 2.24) is 14.3 Å². The van der Waals surface area contributed by atoms with Crippen LogP contribution in [0.2, 0.25) is 0 Å². The van der Waals surface area contributed by atoms with E-state index >= 15 is 0 Å². The quantitative estimate of drug-likeness (QED) is 0.209. The van der Waals surface area contributed by atoms with Crippen molar-refractivity contribution in [3.63, 3.8) is 0 Å². The topological polar surface area (TPSA) is 166 Å².